The van der Waals surface area contributed by atoms with Crippen molar-refractivity contribution < 1.29 is 9.90 Å². The zero-order valence-corrected chi connectivity index (χ0v) is 8.82. The number of hydrogen-bond donors (Lipinski definition) is 1. The van der Waals surface area contributed by atoms with Crippen molar-refractivity contribution in [3.63, 3.8) is 0 Å². The Morgan fingerprint density at radius 2 is 1.88 bits per heavy atom. The average molecular weight is 284 g/mol. The predicted molar refractivity (Wildman–Crippen MR) is 35.4 cm³/mol. The zero-order chi connectivity index (χ0) is 6.78. The molecule has 48 valence electrons. The van der Waals surface area contributed by atoms with Crippen molar-refractivity contribution >= 4 is 45.6 Å². The summed E-state index contributed by atoms with van der Waals surface area (Å²) in [7, 11) is 15.6. The first kappa shape index (κ1) is 9.30. The first-order valence-corrected chi connectivity index (χ1v) is 14.0. The summed E-state index contributed by atoms with van der Waals surface area (Å²) in [6, 6.07) is 0. The SMILES string of the molecule is O=[C](CO)[Sn]([Cl])([Cl])[Cl]. The first-order valence-electron chi connectivity index (χ1n) is 1.69. The Labute approximate surface area is 61.7 Å². The average Bonchev–Trinajstić information content (AvgIpc) is 1.62. The molecule has 0 aromatic carbocycles. The number of aliphatic hydroxyl groups is 1. The molecule has 0 unspecified atom stereocenters. The molecule has 0 fully saturated rings. The van der Waals surface area contributed by atoms with E-state index in [4.69, 9.17) is 31.9 Å². The van der Waals surface area contributed by atoms with Crippen LogP contribution in [0.2, 0.25) is 0 Å². The van der Waals surface area contributed by atoms with Gasteiger partial charge in [0.25, 0.3) is 0 Å². The van der Waals surface area contributed by atoms with Crippen LogP contribution in [-0.2, 0) is 4.79 Å². The number of halogens is 3. The van der Waals surface area contributed by atoms with Crippen LogP contribution in [0.3, 0.4) is 0 Å². The van der Waals surface area contributed by atoms with Crippen molar-refractivity contribution in [3.8, 4) is 0 Å². The molecule has 0 heterocycles. The Hall–Kier alpha value is 1.30. The molecule has 6 heteroatoms. The van der Waals surface area contributed by atoms with Gasteiger partial charge >= 0.3 is 62.1 Å². The molecule has 0 aromatic heterocycles. The second-order valence-corrected chi connectivity index (χ2v) is 20.8. The summed E-state index contributed by atoms with van der Waals surface area (Å²) < 4.78 is -0.607. The van der Waals surface area contributed by atoms with Crippen LogP contribution in [0.15, 0.2) is 0 Å². The van der Waals surface area contributed by atoms with Crippen molar-refractivity contribution in [2.45, 2.75) is 0 Å². The molecule has 0 amide bonds. The number of carbonyl (C=O) groups is 1. The van der Waals surface area contributed by atoms with Crippen LogP contribution in [0.1, 0.15) is 0 Å². The molecule has 0 atom stereocenters. The van der Waals surface area contributed by atoms with Crippen molar-refractivity contribution in [1.82, 2.24) is 0 Å². The summed E-state index contributed by atoms with van der Waals surface area (Å²) in [4.78, 5) is 10.3. The van der Waals surface area contributed by atoms with E-state index in [2.05, 4.69) is 0 Å². The van der Waals surface area contributed by atoms with Crippen LogP contribution in [-0.4, -0.2) is 30.5 Å². The fourth-order valence-corrected chi connectivity index (χ4v) is 1.80. The normalized spacial score (nSPS) is 11.5. The molecule has 0 bridgehead atoms. The van der Waals surface area contributed by atoms with E-state index in [0.29, 0.717) is 0 Å². The fourth-order valence-electron chi connectivity index (χ4n) is 0.0896. The summed E-state index contributed by atoms with van der Waals surface area (Å²) in [5, 5.41) is 8.12. The maximum absolute atomic E-state index is 10.3. The molecule has 0 aliphatic carbocycles. The van der Waals surface area contributed by atoms with Gasteiger partial charge in [0, 0.05) is 0 Å². The van der Waals surface area contributed by atoms with Crippen molar-refractivity contribution in [3.05, 3.63) is 0 Å². The van der Waals surface area contributed by atoms with Gasteiger partial charge in [0.05, 0.1) is 0 Å². The Morgan fingerprint density at radius 3 is 1.88 bits per heavy atom. The molecule has 0 saturated heterocycles. The molecular formula is C2H3Cl3O2Sn. The van der Waals surface area contributed by atoms with Gasteiger partial charge in [0.15, 0.2) is 0 Å². The van der Waals surface area contributed by atoms with Crippen LogP contribution in [0.5, 0.6) is 0 Å². The topological polar surface area (TPSA) is 37.3 Å². The van der Waals surface area contributed by atoms with Gasteiger partial charge in [-0.1, -0.05) is 0 Å². The van der Waals surface area contributed by atoms with Gasteiger partial charge < -0.3 is 0 Å². The fraction of sp³-hybridized carbons (Fsp3) is 0.500. The van der Waals surface area contributed by atoms with Crippen LogP contribution in [0, 0.1) is 0 Å². The van der Waals surface area contributed by atoms with Gasteiger partial charge in [0.1, 0.15) is 0 Å². The number of rotatable bonds is 2. The predicted octanol–water partition coefficient (Wildman–Crippen LogP) is 0.742. The van der Waals surface area contributed by atoms with E-state index in [1.165, 1.54) is 0 Å². The van der Waals surface area contributed by atoms with E-state index in [-0.39, 0.29) is 0 Å². The van der Waals surface area contributed by atoms with Gasteiger partial charge in [-0.3, -0.25) is 0 Å². The minimum atomic E-state index is -3.88. The van der Waals surface area contributed by atoms with Crippen LogP contribution in [0.4, 0.5) is 0 Å². The number of aliphatic hydroxyl groups excluding tert-OH is 1. The van der Waals surface area contributed by atoms with Crippen LogP contribution in [0.25, 0.3) is 0 Å². The Kier molecular flexibility index (Phi) is 4.03. The maximum atomic E-state index is 10.3. The summed E-state index contributed by atoms with van der Waals surface area (Å²) in [5.74, 6) is 0. The molecule has 0 radical (unpaired) electrons. The van der Waals surface area contributed by atoms with E-state index in [9.17, 15) is 4.79 Å². The standard InChI is InChI=1S/C2H3O2.3ClH.Sn/c3-1-2-4;;;;/h3H,1H2;3*1H;/q;;;;+3/p-3. The third-order valence-corrected chi connectivity index (χ3v) is 6.96. The number of carbonyl (C=O) groups excluding carboxylic acids is 1. The Bertz CT molecular complexity index is 97.9. The van der Waals surface area contributed by atoms with E-state index < -0.39 is 25.4 Å². The van der Waals surface area contributed by atoms with Crippen molar-refractivity contribution in [2.24, 2.45) is 0 Å². The molecule has 0 rings (SSSR count). The quantitative estimate of drug-likeness (QED) is 0.760. The Morgan fingerprint density at radius 1 is 1.50 bits per heavy atom. The molecule has 0 aliphatic rings. The molecule has 0 spiro atoms. The van der Waals surface area contributed by atoms with Gasteiger partial charge in [-0.05, 0) is 0 Å². The van der Waals surface area contributed by atoms with E-state index >= 15 is 0 Å². The third-order valence-electron chi connectivity index (χ3n) is 0.460. The number of hydrogen-bond acceptors (Lipinski definition) is 2. The van der Waals surface area contributed by atoms with Gasteiger partial charge in [-0.25, -0.2) is 0 Å². The molecule has 0 aromatic rings. The summed E-state index contributed by atoms with van der Waals surface area (Å²) in [5.41, 5.74) is 0. The molecule has 8 heavy (non-hydrogen) atoms. The zero-order valence-electron chi connectivity index (χ0n) is 3.70. The van der Waals surface area contributed by atoms with Crippen molar-refractivity contribution in [2.75, 3.05) is 6.61 Å². The van der Waals surface area contributed by atoms with E-state index in [1.807, 2.05) is 0 Å². The van der Waals surface area contributed by atoms with Crippen LogP contribution >= 0.6 is 26.8 Å². The molecular weight excluding hydrogens is 281 g/mol. The second-order valence-electron chi connectivity index (χ2n) is 1.08. The van der Waals surface area contributed by atoms with Crippen molar-refractivity contribution in [1.29, 1.82) is 0 Å². The van der Waals surface area contributed by atoms with Gasteiger partial charge in [0.2, 0.25) is 0 Å². The van der Waals surface area contributed by atoms with Gasteiger partial charge in [-0.15, -0.1) is 0 Å². The summed E-state index contributed by atoms with van der Waals surface area (Å²) in [6.07, 6.45) is 0. The van der Waals surface area contributed by atoms with Crippen LogP contribution < -0.4 is 0 Å². The van der Waals surface area contributed by atoms with E-state index in [0.717, 1.165) is 0 Å². The summed E-state index contributed by atoms with van der Waals surface area (Å²) in [6.45, 7) is -0.646. The third kappa shape index (κ3) is 3.35. The summed E-state index contributed by atoms with van der Waals surface area (Å²) >= 11 is -3.88. The van der Waals surface area contributed by atoms with Gasteiger partial charge in [-0.2, -0.15) is 0 Å². The monoisotopic (exact) mass is 284 g/mol. The molecule has 1 N–H and O–H groups in total. The van der Waals surface area contributed by atoms with E-state index in [1.54, 1.807) is 0 Å². The molecule has 2 nitrogen and oxygen atoms in total. The Balaban J connectivity index is 3.82. The first-order chi connectivity index (χ1) is 3.48. The molecule has 0 aliphatic heterocycles. The molecule has 0 saturated carbocycles. The second kappa shape index (κ2) is 3.46. The minimum absolute atomic E-state index is 0.607.